The molecule has 80 valence electrons. The first-order chi connectivity index (χ1) is 7.24. The van der Waals surface area contributed by atoms with Gasteiger partial charge in [0.25, 0.3) is 0 Å². The third-order valence-corrected chi connectivity index (χ3v) is 2.30. The van der Waals surface area contributed by atoms with Crippen LogP contribution in [0.1, 0.15) is 5.56 Å². The van der Waals surface area contributed by atoms with Crippen molar-refractivity contribution in [1.82, 2.24) is 4.98 Å². The fourth-order valence-corrected chi connectivity index (χ4v) is 1.56. The standard InChI is InChI=1S/C10H10F2N2O/c11-8-5-6-1-3-14-10(6)9(12)7(8)2-4-15-13/h1,3,5,14H,2,4,13H2. The molecule has 0 spiro atoms. The molecule has 0 unspecified atom stereocenters. The second kappa shape index (κ2) is 3.96. The van der Waals surface area contributed by atoms with Crippen LogP contribution in [0.25, 0.3) is 10.9 Å². The molecule has 2 aromatic rings. The molecule has 0 fully saturated rings. The Labute approximate surface area is 84.8 Å². The first kappa shape index (κ1) is 10.1. The molecular formula is C10H10F2N2O. The van der Waals surface area contributed by atoms with Gasteiger partial charge in [0.05, 0.1) is 12.1 Å². The number of rotatable bonds is 3. The highest BCUT2D eigenvalue weighted by molar-refractivity contribution is 5.80. The van der Waals surface area contributed by atoms with Gasteiger partial charge in [-0.2, -0.15) is 0 Å². The van der Waals surface area contributed by atoms with E-state index < -0.39 is 11.6 Å². The summed E-state index contributed by atoms with van der Waals surface area (Å²) >= 11 is 0. The lowest BCUT2D eigenvalue weighted by Gasteiger charge is -2.05. The van der Waals surface area contributed by atoms with Crippen molar-refractivity contribution in [2.24, 2.45) is 5.90 Å². The molecule has 1 aromatic heterocycles. The molecule has 15 heavy (non-hydrogen) atoms. The summed E-state index contributed by atoms with van der Waals surface area (Å²) in [5, 5.41) is 0.516. The molecule has 5 heteroatoms. The first-order valence-corrected chi connectivity index (χ1v) is 4.49. The second-order valence-electron chi connectivity index (χ2n) is 3.21. The molecule has 1 aromatic carbocycles. The summed E-state index contributed by atoms with van der Waals surface area (Å²) in [6.07, 6.45) is 1.68. The Bertz CT molecular complexity index is 481. The number of halogens is 2. The zero-order chi connectivity index (χ0) is 10.8. The average Bonchev–Trinajstić information content (AvgIpc) is 2.65. The zero-order valence-electron chi connectivity index (χ0n) is 7.89. The van der Waals surface area contributed by atoms with Gasteiger partial charge in [0.1, 0.15) is 5.82 Å². The van der Waals surface area contributed by atoms with Gasteiger partial charge in [0.2, 0.25) is 0 Å². The predicted octanol–water partition coefficient (Wildman–Crippen LogP) is 1.88. The Morgan fingerprint density at radius 1 is 1.40 bits per heavy atom. The number of benzene rings is 1. The second-order valence-corrected chi connectivity index (χ2v) is 3.21. The minimum absolute atomic E-state index is 0.00426. The van der Waals surface area contributed by atoms with Crippen molar-refractivity contribution in [3.05, 3.63) is 35.5 Å². The monoisotopic (exact) mass is 212 g/mol. The fourth-order valence-electron chi connectivity index (χ4n) is 1.56. The van der Waals surface area contributed by atoms with E-state index in [-0.39, 0.29) is 18.6 Å². The number of H-pyrrole nitrogens is 1. The number of nitrogens with two attached hydrogens (primary N) is 1. The van der Waals surface area contributed by atoms with Crippen LogP contribution in [0.2, 0.25) is 0 Å². The van der Waals surface area contributed by atoms with E-state index in [4.69, 9.17) is 5.90 Å². The van der Waals surface area contributed by atoms with E-state index in [9.17, 15) is 8.78 Å². The third kappa shape index (κ3) is 1.71. The van der Waals surface area contributed by atoms with Crippen molar-refractivity contribution >= 4 is 10.9 Å². The fraction of sp³-hybridized carbons (Fsp3) is 0.200. The Kier molecular flexibility index (Phi) is 2.66. The molecule has 0 saturated carbocycles. The van der Waals surface area contributed by atoms with E-state index in [1.165, 1.54) is 6.07 Å². The average molecular weight is 212 g/mol. The molecule has 0 radical (unpaired) electrons. The van der Waals surface area contributed by atoms with Gasteiger partial charge in [0, 0.05) is 23.6 Å². The van der Waals surface area contributed by atoms with Crippen molar-refractivity contribution in [2.75, 3.05) is 6.61 Å². The van der Waals surface area contributed by atoms with Gasteiger partial charge in [-0.1, -0.05) is 0 Å². The van der Waals surface area contributed by atoms with Crippen molar-refractivity contribution in [2.45, 2.75) is 6.42 Å². The summed E-state index contributed by atoms with van der Waals surface area (Å²) in [6, 6.07) is 2.91. The van der Waals surface area contributed by atoms with Crippen LogP contribution >= 0.6 is 0 Å². The summed E-state index contributed by atoms with van der Waals surface area (Å²) in [7, 11) is 0. The van der Waals surface area contributed by atoms with Gasteiger partial charge in [-0.3, -0.25) is 0 Å². The molecule has 2 rings (SSSR count). The summed E-state index contributed by atoms with van der Waals surface area (Å²) in [4.78, 5) is 7.02. The lowest BCUT2D eigenvalue weighted by atomic mass is 10.1. The smallest absolute Gasteiger partial charge is 0.153 e. The molecule has 0 amide bonds. The van der Waals surface area contributed by atoms with E-state index in [0.29, 0.717) is 10.9 Å². The Hall–Kier alpha value is -1.46. The maximum atomic E-state index is 13.7. The van der Waals surface area contributed by atoms with Crippen LogP contribution < -0.4 is 5.90 Å². The lowest BCUT2D eigenvalue weighted by molar-refractivity contribution is 0.140. The summed E-state index contributed by atoms with van der Waals surface area (Å²) in [6.45, 7) is 0.0834. The molecule has 0 saturated heterocycles. The summed E-state index contributed by atoms with van der Waals surface area (Å²) in [5.41, 5.74) is 0.304. The van der Waals surface area contributed by atoms with Gasteiger partial charge in [-0.05, 0) is 12.1 Å². The van der Waals surface area contributed by atoms with E-state index in [0.717, 1.165) is 0 Å². The van der Waals surface area contributed by atoms with Crippen LogP contribution in [0.3, 0.4) is 0 Å². The molecule has 0 aliphatic rings. The number of hydrogen-bond acceptors (Lipinski definition) is 2. The number of aromatic nitrogens is 1. The highest BCUT2D eigenvalue weighted by Gasteiger charge is 2.13. The highest BCUT2D eigenvalue weighted by atomic mass is 19.1. The Balaban J connectivity index is 2.52. The van der Waals surface area contributed by atoms with Gasteiger partial charge in [0.15, 0.2) is 5.82 Å². The van der Waals surface area contributed by atoms with Crippen LogP contribution in [0.4, 0.5) is 8.78 Å². The zero-order valence-corrected chi connectivity index (χ0v) is 7.89. The topological polar surface area (TPSA) is 51.0 Å². The van der Waals surface area contributed by atoms with Crippen LogP contribution in [-0.4, -0.2) is 11.6 Å². The SMILES string of the molecule is NOCCc1c(F)cc2cc[nH]c2c1F. The van der Waals surface area contributed by atoms with Crippen LogP contribution in [0, 0.1) is 11.6 Å². The van der Waals surface area contributed by atoms with Crippen molar-refractivity contribution < 1.29 is 13.6 Å². The normalized spacial score (nSPS) is 11.1. The minimum atomic E-state index is -0.577. The van der Waals surface area contributed by atoms with Gasteiger partial charge in [-0.25, -0.2) is 14.7 Å². The van der Waals surface area contributed by atoms with Crippen molar-refractivity contribution in [1.29, 1.82) is 0 Å². The van der Waals surface area contributed by atoms with Crippen molar-refractivity contribution in [3.8, 4) is 0 Å². The van der Waals surface area contributed by atoms with Gasteiger partial charge >= 0.3 is 0 Å². The maximum absolute atomic E-state index is 13.7. The minimum Gasteiger partial charge on any atom is -0.359 e. The van der Waals surface area contributed by atoms with Crippen LogP contribution in [-0.2, 0) is 11.3 Å². The summed E-state index contributed by atoms with van der Waals surface area (Å²) in [5.74, 6) is 3.67. The van der Waals surface area contributed by atoms with Crippen LogP contribution in [0.15, 0.2) is 18.3 Å². The molecule has 3 nitrogen and oxygen atoms in total. The third-order valence-electron chi connectivity index (χ3n) is 2.30. The molecule has 3 N–H and O–H groups in total. The molecule has 0 aliphatic carbocycles. The quantitative estimate of drug-likeness (QED) is 0.763. The highest BCUT2D eigenvalue weighted by Crippen LogP contribution is 2.23. The van der Waals surface area contributed by atoms with Crippen LogP contribution in [0.5, 0.6) is 0 Å². The van der Waals surface area contributed by atoms with Gasteiger partial charge in [-0.15, -0.1) is 0 Å². The first-order valence-electron chi connectivity index (χ1n) is 4.49. The maximum Gasteiger partial charge on any atom is 0.153 e. The van der Waals surface area contributed by atoms with Gasteiger partial charge < -0.3 is 9.82 Å². The predicted molar refractivity (Wildman–Crippen MR) is 52.1 cm³/mol. The largest absolute Gasteiger partial charge is 0.359 e. The Morgan fingerprint density at radius 2 is 2.20 bits per heavy atom. The molecule has 0 bridgehead atoms. The van der Waals surface area contributed by atoms with E-state index in [1.54, 1.807) is 12.3 Å². The molecular weight excluding hydrogens is 202 g/mol. The van der Waals surface area contributed by atoms with E-state index >= 15 is 0 Å². The lowest BCUT2D eigenvalue weighted by Crippen LogP contribution is -2.07. The number of hydrogen-bond donors (Lipinski definition) is 2. The van der Waals surface area contributed by atoms with E-state index in [2.05, 4.69) is 9.82 Å². The Morgan fingerprint density at radius 3 is 2.93 bits per heavy atom. The number of fused-ring (bicyclic) bond motifs is 1. The molecule has 0 atom stereocenters. The molecule has 0 aliphatic heterocycles. The summed E-state index contributed by atoms with van der Waals surface area (Å²) < 4.78 is 27.2. The van der Waals surface area contributed by atoms with E-state index in [1.807, 2.05) is 0 Å². The van der Waals surface area contributed by atoms with Crippen molar-refractivity contribution in [3.63, 3.8) is 0 Å². The number of nitrogens with one attached hydrogen (secondary N) is 1. The number of aromatic amines is 1. The molecule has 1 heterocycles.